The average Bonchev–Trinajstić information content (AvgIpc) is 2.66. The van der Waals surface area contributed by atoms with Crippen molar-refractivity contribution in [3.63, 3.8) is 0 Å². The molecule has 0 aromatic carbocycles. The summed E-state index contributed by atoms with van der Waals surface area (Å²) in [5.41, 5.74) is 0. The van der Waals surface area contributed by atoms with Crippen LogP contribution in [-0.4, -0.2) is 20.5 Å². The van der Waals surface area contributed by atoms with Gasteiger partial charge in [0.1, 0.15) is 0 Å². The Balaban J connectivity index is 2.83. The van der Waals surface area contributed by atoms with Gasteiger partial charge >= 0.3 is 0 Å². The van der Waals surface area contributed by atoms with Crippen LogP contribution in [-0.2, 0) is 16.6 Å². The fraction of sp³-hybridized carbons (Fsp3) is 0.733. The van der Waals surface area contributed by atoms with Crippen molar-refractivity contribution in [1.82, 2.24) is 10.0 Å². The minimum atomic E-state index is -3.42. The van der Waals surface area contributed by atoms with E-state index < -0.39 is 10.0 Å². The molecule has 0 radical (unpaired) electrons. The second kappa shape index (κ2) is 7.72. The molecule has 0 fully saturated rings. The minimum Gasteiger partial charge on any atom is -0.310 e. The van der Waals surface area contributed by atoms with Crippen molar-refractivity contribution in [2.75, 3.05) is 0 Å². The third-order valence-electron chi connectivity index (χ3n) is 3.08. The Morgan fingerprint density at radius 2 is 1.81 bits per heavy atom. The molecule has 0 saturated heterocycles. The van der Waals surface area contributed by atoms with E-state index in [0.29, 0.717) is 23.4 Å². The standard InChI is InChI=1S/C15H28N2O2S2/c1-10(2)7-12(5)17-21(18,19)15-8-14(20-13(15)6)9-16-11(3)4/h8,10-12,16-17H,7,9H2,1-6H3. The highest BCUT2D eigenvalue weighted by atomic mass is 32.2. The van der Waals surface area contributed by atoms with Crippen LogP contribution in [0.1, 0.15) is 50.8 Å². The van der Waals surface area contributed by atoms with E-state index in [2.05, 4.69) is 37.7 Å². The van der Waals surface area contributed by atoms with Gasteiger partial charge in [-0.3, -0.25) is 0 Å². The Bertz CT molecular complexity index is 548. The van der Waals surface area contributed by atoms with Crippen LogP contribution in [0.2, 0.25) is 0 Å². The van der Waals surface area contributed by atoms with Crippen molar-refractivity contribution in [2.24, 2.45) is 5.92 Å². The van der Waals surface area contributed by atoms with Gasteiger partial charge in [0.2, 0.25) is 10.0 Å². The van der Waals surface area contributed by atoms with Gasteiger partial charge < -0.3 is 5.32 Å². The molecule has 1 atom stereocenters. The van der Waals surface area contributed by atoms with E-state index in [1.54, 1.807) is 17.4 Å². The molecule has 1 unspecified atom stereocenters. The summed E-state index contributed by atoms with van der Waals surface area (Å²) >= 11 is 1.54. The van der Waals surface area contributed by atoms with E-state index in [9.17, 15) is 8.42 Å². The molecule has 1 aromatic rings. The molecule has 0 bridgehead atoms. The quantitative estimate of drug-likeness (QED) is 0.768. The number of sulfonamides is 1. The Hall–Kier alpha value is -0.430. The summed E-state index contributed by atoms with van der Waals surface area (Å²) < 4.78 is 27.7. The summed E-state index contributed by atoms with van der Waals surface area (Å²) in [5.74, 6) is 0.470. The Morgan fingerprint density at radius 3 is 2.33 bits per heavy atom. The fourth-order valence-corrected chi connectivity index (χ4v) is 5.11. The molecular weight excluding hydrogens is 304 g/mol. The largest absolute Gasteiger partial charge is 0.310 e. The number of hydrogen-bond acceptors (Lipinski definition) is 4. The topological polar surface area (TPSA) is 58.2 Å². The molecule has 2 N–H and O–H groups in total. The predicted molar refractivity (Wildman–Crippen MR) is 90.3 cm³/mol. The van der Waals surface area contributed by atoms with Crippen molar-refractivity contribution in [3.05, 3.63) is 15.8 Å². The van der Waals surface area contributed by atoms with Gasteiger partial charge in [0.25, 0.3) is 0 Å². The molecule has 1 heterocycles. The first-order chi connectivity index (χ1) is 9.61. The van der Waals surface area contributed by atoms with Gasteiger partial charge in [-0.15, -0.1) is 11.3 Å². The lowest BCUT2D eigenvalue weighted by Gasteiger charge is -2.15. The molecule has 0 spiro atoms. The lowest BCUT2D eigenvalue weighted by Crippen LogP contribution is -2.33. The molecule has 0 aliphatic rings. The summed E-state index contributed by atoms with van der Waals surface area (Å²) in [6.07, 6.45) is 0.837. The molecule has 0 aliphatic heterocycles. The van der Waals surface area contributed by atoms with Crippen LogP contribution in [0.3, 0.4) is 0 Å². The van der Waals surface area contributed by atoms with E-state index in [1.807, 2.05) is 13.8 Å². The van der Waals surface area contributed by atoms with Crippen LogP contribution >= 0.6 is 11.3 Å². The second-order valence-electron chi connectivity index (χ2n) is 6.32. The van der Waals surface area contributed by atoms with Crippen LogP contribution in [0.15, 0.2) is 11.0 Å². The Kier molecular flexibility index (Phi) is 6.84. The zero-order chi connectivity index (χ0) is 16.2. The molecule has 0 saturated carbocycles. The smallest absolute Gasteiger partial charge is 0.241 e. The summed E-state index contributed by atoms with van der Waals surface area (Å²) in [5, 5.41) is 3.32. The first kappa shape index (κ1) is 18.6. The first-order valence-corrected chi connectivity index (χ1v) is 9.76. The van der Waals surface area contributed by atoms with Crippen molar-refractivity contribution < 1.29 is 8.42 Å². The summed E-state index contributed by atoms with van der Waals surface area (Å²) in [6, 6.07) is 2.13. The van der Waals surface area contributed by atoms with Crippen LogP contribution in [0, 0.1) is 12.8 Å². The lowest BCUT2D eigenvalue weighted by atomic mass is 10.1. The molecular formula is C15H28N2O2S2. The van der Waals surface area contributed by atoms with Gasteiger partial charge in [-0.2, -0.15) is 0 Å². The fourth-order valence-electron chi connectivity index (χ4n) is 2.27. The maximum atomic E-state index is 12.5. The van der Waals surface area contributed by atoms with E-state index >= 15 is 0 Å². The first-order valence-electron chi connectivity index (χ1n) is 7.46. The molecule has 1 aromatic heterocycles. The number of thiophene rings is 1. The third kappa shape index (κ3) is 6.06. The highest BCUT2D eigenvalue weighted by molar-refractivity contribution is 7.89. The molecule has 1 rings (SSSR count). The normalized spacial score (nSPS) is 14.1. The summed E-state index contributed by atoms with van der Waals surface area (Å²) in [7, 11) is -3.42. The number of rotatable bonds is 8. The maximum Gasteiger partial charge on any atom is 0.241 e. The van der Waals surface area contributed by atoms with Crippen molar-refractivity contribution in [3.8, 4) is 0 Å². The summed E-state index contributed by atoms with van der Waals surface area (Å²) in [6.45, 7) is 12.8. The number of hydrogen-bond donors (Lipinski definition) is 2. The van der Waals surface area contributed by atoms with Crippen LogP contribution < -0.4 is 10.0 Å². The maximum absolute atomic E-state index is 12.5. The van der Waals surface area contributed by atoms with Gasteiger partial charge in [-0.25, -0.2) is 13.1 Å². The van der Waals surface area contributed by atoms with E-state index in [1.165, 1.54) is 0 Å². The molecule has 0 amide bonds. The molecule has 0 aliphatic carbocycles. The molecule has 21 heavy (non-hydrogen) atoms. The van der Waals surface area contributed by atoms with Gasteiger partial charge in [-0.1, -0.05) is 27.7 Å². The minimum absolute atomic E-state index is 0.0495. The molecule has 4 nitrogen and oxygen atoms in total. The average molecular weight is 333 g/mol. The van der Waals surface area contributed by atoms with E-state index in [-0.39, 0.29) is 6.04 Å². The second-order valence-corrected chi connectivity index (χ2v) is 9.34. The number of aryl methyl sites for hydroxylation is 1. The zero-order valence-corrected chi connectivity index (χ0v) is 15.5. The third-order valence-corrected chi connectivity index (χ3v) is 5.97. The predicted octanol–water partition coefficient (Wildman–Crippen LogP) is 3.27. The highest BCUT2D eigenvalue weighted by Gasteiger charge is 2.22. The Morgan fingerprint density at radius 1 is 1.19 bits per heavy atom. The van der Waals surface area contributed by atoms with E-state index in [0.717, 1.165) is 16.2 Å². The van der Waals surface area contributed by atoms with Crippen LogP contribution in [0.25, 0.3) is 0 Å². The van der Waals surface area contributed by atoms with Crippen molar-refractivity contribution in [2.45, 2.75) is 71.5 Å². The van der Waals surface area contributed by atoms with Crippen molar-refractivity contribution in [1.29, 1.82) is 0 Å². The zero-order valence-electron chi connectivity index (χ0n) is 13.9. The van der Waals surface area contributed by atoms with Gasteiger partial charge in [0.15, 0.2) is 0 Å². The highest BCUT2D eigenvalue weighted by Crippen LogP contribution is 2.26. The Labute approximate surface area is 133 Å². The van der Waals surface area contributed by atoms with E-state index in [4.69, 9.17) is 0 Å². The SMILES string of the molecule is Cc1sc(CNC(C)C)cc1S(=O)(=O)NC(C)CC(C)C. The van der Waals surface area contributed by atoms with Crippen LogP contribution in [0.4, 0.5) is 0 Å². The lowest BCUT2D eigenvalue weighted by molar-refractivity contribution is 0.482. The van der Waals surface area contributed by atoms with Gasteiger partial charge in [0, 0.05) is 28.4 Å². The molecule has 122 valence electrons. The number of nitrogens with one attached hydrogen (secondary N) is 2. The summed E-state index contributed by atoms with van der Waals surface area (Å²) in [4.78, 5) is 2.32. The molecule has 6 heteroatoms. The van der Waals surface area contributed by atoms with Gasteiger partial charge in [-0.05, 0) is 32.3 Å². The van der Waals surface area contributed by atoms with Crippen LogP contribution in [0.5, 0.6) is 0 Å². The van der Waals surface area contributed by atoms with Crippen molar-refractivity contribution >= 4 is 21.4 Å². The van der Waals surface area contributed by atoms with Gasteiger partial charge in [0.05, 0.1) is 4.90 Å². The monoisotopic (exact) mass is 332 g/mol.